The van der Waals surface area contributed by atoms with Crippen molar-refractivity contribution in [3.8, 4) is 0 Å². The van der Waals surface area contributed by atoms with Gasteiger partial charge < -0.3 is 15.0 Å². The predicted molar refractivity (Wildman–Crippen MR) is 103 cm³/mol. The number of aromatic carboxylic acids is 1. The van der Waals surface area contributed by atoms with Crippen molar-refractivity contribution < 1.29 is 14.7 Å². The molecule has 0 fully saturated rings. The molecule has 1 heterocycles. The van der Waals surface area contributed by atoms with E-state index in [-0.39, 0.29) is 0 Å². The van der Waals surface area contributed by atoms with Crippen LogP contribution in [0.2, 0.25) is 0 Å². The normalized spacial score (nSPS) is 10.8. The number of amides is 1. The Morgan fingerprint density at radius 3 is 2.73 bits per heavy atom. The fourth-order valence-electron chi connectivity index (χ4n) is 3.11. The molecule has 0 unspecified atom stereocenters. The molecule has 26 heavy (non-hydrogen) atoms. The summed E-state index contributed by atoms with van der Waals surface area (Å²) >= 11 is 0. The third-order valence-electron chi connectivity index (χ3n) is 4.50. The second kappa shape index (κ2) is 7.87. The van der Waals surface area contributed by atoms with Crippen LogP contribution >= 0.6 is 0 Å². The zero-order valence-electron chi connectivity index (χ0n) is 14.7. The standard InChI is InChI=1S/C21H22N2O3/c1-2-3-10-23(14-24)18-8-9-20-16(13-18)12-17(22-20)11-15-6-4-5-7-19(15)21(25)26/h4-9,12-14,22H,2-3,10-11H2,1H3,(H,25,26). The first-order valence-electron chi connectivity index (χ1n) is 8.77. The fraction of sp³-hybridized carbons (Fsp3) is 0.238. The molecule has 1 aromatic heterocycles. The molecule has 2 aromatic carbocycles. The molecule has 3 aromatic rings. The third kappa shape index (κ3) is 3.77. The minimum Gasteiger partial charge on any atom is -0.478 e. The Hall–Kier alpha value is -3.08. The van der Waals surface area contributed by atoms with Gasteiger partial charge in [0.05, 0.1) is 5.56 Å². The van der Waals surface area contributed by atoms with E-state index in [1.165, 1.54) is 0 Å². The molecule has 0 radical (unpaired) electrons. The summed E-state index contributed by atoms with van der Waals surface area (Å²) in [6.07, 6.45) is 3.37. The van der Waals surface area contributed by atoms with Gasteiger partial charge in [0.2, 0.25) is 6.41 Å². The van der Waals surface area contributed by atoms with Gasteiger partial charge in [-0.05, 0) is 42.3 Å². The van der Waals surface area contributed by atoms with Gasteiger partial charge in [-0.15, -0.1) is 0 Å². The van der Waals surface area contributed by atoms with Crippen LogP contribution in [0.15, 0.2) is 48.5 Å². The highest BCUT2D eigenvalue weighted by atomic mass is 16.4. The smallest absolute Gasteiger partial charge is 0.335 e. The van der Waals surface area contributed by atoms with Crippen LogP contribution in [0.3, 0.4) is 0 Å². The zero-order valence-corrected chi connectivity index (χ0v) is 14.7. The Morgan fingerprint density at radius 2 is 2.00 bits per heavy atom. The van der Waals surface area contributed by atoms with Crippen molar-refractivity contribution in [3.63, 3.8) is 0 Å². The molecule has 3 rings (SSSR count). The number of fused-ring (bicyclic) bond motifs is 1. The summed E-state index contributed by atoms with van der Waals surface area (Å²) in [5, 5.41) is 10.3. The molecule has 0 saturated heterocycles. The number of benzene rings is 2. The van der Waals surface area contributed by atoms with Gasteiger partial charge in [-0.25, -0.2) is 4.79 Å². The summed E-state index contributed by atoms with van der Waals surface area (Å²) in [6.45, 7) is 2.80. The number of hydrogen-bond donors (Lipinski definition) is 2. The molecule has 0 aliphatic carbocycles. The SMILES string of the molecule is CCCCN(C=O)c1ccc2[nH]c(Cc3ccccc3C(=O)O)cc2c1. The molecular weight excluding hydrogens is 328 g/mol. The van der Waals surface area contributed by atoms with E-state index in [2.05, 4.69) is 11.9 Å². The van der Waals surface area contributed by atoms with Crippen molar-refractivity contribution in [2.24, 2.45) is 0 Å². The van der Waals surface area contributed by atoms with E-state index >= 15 is 0 Å². The molecule has 134 valence electrons. The molecule has 0 atom stereocenters. The molecule has 0 aliphatic heterocycles. The molecule has 0 spiro atoms. The number of H-pyrrole nitrogens is 1. The van der Waals surface area contributed by atoms with Gasteiger partial charge in [0.25, 0.3) is 0 Å². The first-order valence-corrected chi connectivity index (χ1v) is 8.77. The lowest BCUT2D eigenvalue weighted by Gasteiger charge is -2.16. The lowest BCUT2D eigenvalue weighted by molar-refractivity contribution is -0.107. The van der Waals surface area contributed by atoms with Crippen molar-refractivity contribution in [2.75, 3.05) is 11.4 Å². The van der Waals surface area contributed by atoms with Gasteiger partial charge in [0.1, 0.15) is 0 Å². The van der Waals surface area contributed by atoms with Crippen molar-refractivity contribution in [1.29, 1.82) is 0 Å². The highest BCUT2D eigenvalue weighted by molar-refractivity contribution is 5.90. The number of aromatic nitrogens is 1. The number of rotatable bonds is 8. The second-order valence-corrected chi connectivity index (χ2v) is 6.36. The van der Waals surface area contributed by atoms with E-state index in [4.69, 9.17) is 0 Å². The Bertz CT molecular complexity index is 930. The molecule has 1 amide bonds. The van der Waals surface area contributed by atoms with Crippen LogP contribution < -0.4 is 4.90 Å². The lowest BCUT2D eigenvalue weighted by Crippen LogP contribution is -2.21. The van der Waals surface area contributed by atoms with Gasteiger partial charge in [-0.2, -0.15) is 0 Å². The van der Waals surface area contributed by atoms with E-state index in [0.29, 0.717) is 18.5 Å². The molecular formula is C21H22N2O3. The third-order valence-corrected chi connectivity index (χ3v) is 4.50. The van der Waals surface area contributed by atoms with Crippen molar-refractivity contribution >= 4 is 29.0 Å². The summed E-state index contributed by atoms with van der Waals surface area (Å²) in [6, 6.07) is 14.9. The highest BCUT2D eigenvalue weighted by Gasteiger charge is 2.12. The van der Waals surface area contributed by atoms with Crippen LogP contribution in [0.25, 0.3) is 10.9 Å². The zero-order chi connectivity index (χ0) is 18.5. The number of anilines is 1. The van der Waals surface area contributed by atoms with Crippen LogP contribution in [-0.2, 0) is 11.2 Å². The number of unbranched alkanes of at least 4 members (excludes halogenated alkanes) is 1. The van der Waals surface area contributed by atoms with E-state index in [1.54, 1.807) is 17.0 Å². The Morgan fingerprint density at radius 1 is 1.19 bits per heavy atom. The number of carboxylic acids is 1. The maximum Gasteiger partial charge on any atom is 0.335 e. The van der Waals surface area contributed by atoms with Crippen LogP contribution in [-0.4, -0.2) is 29.0 Å². The summed E-state index contributed by atoms with van der Waals surface area (Å²) in [5.41, 5.74) is 3.87. The van der Waals surface area contributed by atoms with Crippen molar-refractivity contribution in [3.05, 3.63) is 65.4 Å². The Labute approximate surface area is 152 Å². The minimum atomic E-state index is -0.920. The quantitative estimate of drug-likeness (QED) is 0.597. The monoisotopic (exact) mass is 350 g/mol. The number of carbonyl (C=O) groups is 2. The van der Waals surface area contributed by atoms with Crippen LogP contribution in [0, 0.1) is 0 Å². The Balaban J connectivity index is 1.88. The van der Waals surface area contributed by atoms with Crippen LogP contribution in [0.5, 0.6) is 0 Å². The van der Waals surface area contributed by atoms with Crippen LogP contribution in [0.1, 0.15) is 41.4 Å². The second-order valence-electron chi connectivity index (χ2n) is 6.36. The van der Waals surface area contributed by atoms with Gasteiger partial charge >= 0.3 is 5.97 Å². The van der Waals surface area contributed by atoms with Gasteiger partial charge in [-0.1, -0.05) is 31.5 Å². The fourth-order valence-corrected chi connectivity index (χ4v) is 3.11. The summed E-state index contributed by atoms with van der Waals surface area (Å²) < 4.78 is 0. The maximum absolute atomic E-state index is 11.4. The van der Waals surface area contributed by atoms with E-state index in [9.17, 15) is 14.7 Å². The van der Waals surface area contributed by atoms with Crippen molar-refractivity contribution in [2.45, 2.75) is 26.2 Å². The number of nitrogens with zero attached hydrogens (tertiary/aromatic N) is 1. The Kier molecular flexibility index (Phi) is 5.37. The minimum absolute atomic E-state index is 0.318. The molecule has 5 heteroatoms. The van der Waals surface area contributed by atoms with Crippen LogP contribution in [0.4, 0.5) is 5.69 Å². The number of carbonyl (C=O) groups excluding carboxylic acids is 1. The molecule has 5 nitrogen and oxygen atoms in total. The molecule has 0 bridgehead atoms. The van der Waals surface area contributed by atoms with Gasteiger partial charge in [-0.3, -0.25) is 4.79 Å². The number of aromatic amines is 1. The maximum atomic E-state index is 11.4. The first-order chi connectivity index (χ1) is 12.6. The van der Waals surface area contributed by atoms with Gasteiger partial charge in [0.15, 0.2) is 0 Å². The topological polar surface area (TPSA) is 73.4 Å². The first kappa shape index (κ1) is 17.7. The van der Waals surface area contributed by atoms with Crippen molar-refractivity contribution in [1.82, 2.24) is 4.98 Å². The average molecular weight is 350 g/mol. The molecule has 0 saturated carbocycles. The lowest BCUT2D eigenvalue weighted by atomic mass is 10.0. The largest absolute Gasteiger partial charge is 0.478 e. The highest BCUT2D eigenvalue weighted by Crippen LogP contribution is 2.24. The molecule has 2 N–H and O–H groups in total. The van der Waals surface area contributed by atoms with E-state index in [0.717, 1.165) is 47.1 Å². The average Bonchev–Trinajstić information content (AvgIpc) is 3.04. The summed E-state index contributed by atoms with van der Waals surface area (Å²) in [4.78, 5) is 27.8. The van der Waals surface area contributed by atoms with E-state index in [1.807, 2.05) is 36.4 Å². The summed E-state index contributed by atoms with van der Waals surface area (Å²) in [5.74, 6) is -0.920. The number of nitrogens with one attached hydrogen (secondary N) is 1. The van der Waals surface area contributed by atoms with Gasteiger partial charge in [0, 0.05) is 35.2 Å². The van der Waals surface area contributed by atoms with E-state index < -0.39 is 5.97 Å². The predicted octanol–water partition coefficient (Wildman–Crippen LogP) is 4.22. The number of carboxylic acid groups (broad SMARTS) is 1. The number of hydrogen-bond acceptors (Lipinski definition) is 2. The summed E-state index contributed by atoms with van der Waals surface area (Å²) in [7, 11) is 0. The molecule has 0 aliphatic rings.